The molecular weight excluding hydrogens is 215 g/mol. The molecule has 0 radical (unpaired) electrons. The second-order valence-corrected chi connectivity index (χ2v) is 4.56. The highest BCUT2D eigenvalue weighted by Gasteiger charge is 2.18. The van der Waals surface area contributed by atoms with E-state index >= 15 is 0 Å². The molecule has 1 aliphatic rings. The molecular formula is C14H15FN2. The van der Waals surface area contributed by atoms with Gasteiger partial charge in [-0.3, -0.25) is 0 Å². The summed E-state index contributed by atoms with van der Waals surface area (Å²) in [6.45, 7) is 0.463. The summed E-state index contributed by atoms with van der Waals surface area (Å²) in [5.74, 6) is -0.245. The van der Waals surface area contributed by atoms with E-state index in [1.807, 2.05) is 6.07 Å². The average Bonchev–Trinajstić information content (AvgIpc) is 2.37. The van der Waals surface area contributed by atoms with Crippen molar-refractivity contribution in [2.75, 3.05) is 0 Å². The van der Waals surface area contributed by atoms with Crippen molar-refractivity contribution in [3.05, 3.63) is 40.8 Å². The Labute approximate surface area is 99.7 Å². The van der Waals surface area contributed by atoms with Gasteiger partial charge in [-0.1, -0.05) is 12.1 Å². The number of para-hydroxylation sites is 1. The Hall–Kier alpha value is -1.48. The molecule has 1 heterocycles. The number of aryl methyl sites for hydroxylation is 1. The average molecular weight is 230 g/mol. The fourth-order valence-corrected chi connectivity index (χ4v) is 2.74. The largest absolute Gasteiger partial charge is 0.326 e. The molecule has 0 unspecified atom stereocenters. The second kappa shape index (κ2) is 4.08. The summed E-state index contributed by atoms with van der Waals surface area (Å²) in [7, 11) is 0. The minimum atomic E-state index is -0.245. The van der Waals surface area contributed by atoms with Crippen molar-refractivity contribution in [3.63, 3.8) is 0 Å². The van der Waals surface area contributed by atoms with Crippen LogP contribution in [0.25, 0.3) is 10.9 Å². The highest BCUT2D eigenvalue weighted by molar-refractivity contribution is 5.84. The monoisotopic (exact) mass is 230 g/mol. The van der Waals surface area contributed by atoms with Crippen LogP contribution in [0.2, 0.25) is 0 Å². The van der Waals surface area contributed by atoms with Crippen molar-refractivity contribution >= 4 is 10.9 Å². The molecule has 1 aliphatic carbocycles. The van der Waals surface area contributed by atoms with Crippen molar-refractivity contribution in [1.82, 2.24) is 4.98 Å². The number of halogens is 1. The van der Waals surface area contributed by atoms with Gasteiger partial charge in [0.25, 0.3) is 0 Å². The van der Waals surface area contributed by atoms with Crippen molar-refractivity contribution in [2.45, 2.75) is 32.2 Å². The van der Waals surface area contributed by atoms with Crippen LogP contribution in [0.15, 0.2) is 18.2 Å². The maximum Gasteiger partial charge on any atom is 0.149 e. The van der Waals surface area contributed by atoms with E-state index in [4.69, 9.17) is 5.73 Å². The van der Waals surface area contributed by atoms with Crippen LogP contribution >= 0.6 is 0 Å². The molecule has 2 nitrogen and oxygen atoms in total. The zero-order chi connectivity index (χ0) is 11.8. The summed E-state index contributed by atoms with van der Waals surface area (Å²) in [5, 5.41) is 0.883. The van der Waals surface area contributed by atoms with E-state index in [2.05, 4.69) is 4.98 Å². The maximum absolute atomic E-state index is 13.8. The minimum Gasteiger partial charge on any atom is -0.326 e. The lowest BCUT2D eigenvalue weighted by atomic mass is 9.90. The van der Waals surface area contributed by atoms with E-state index in [0.717, 1.165) is 35.9 Å². The molecule has 0 bridgehead atoms. The van der Waals surface area contributed by atoms with E-state index in [1.165, 1.54) is 18.1 Å². The number of benzene rings is 1. The zero-order valence-corrected chi connectivity index (χ0v) is 9.67. The molecule has 1 aromatic heterocycles. The van der Waals surface area contributed by atoms with Gasteiger partial charge in [-0.15, -0.1) is 0 Å². The van der Waals surface area contributed by atoms with E-state index in [0.29, 0.717) is 12.1 Å². The van der Waals surface area contributed by atoms with Gasteiger partial charge in [-0.05, 0) is 42.9 Å². The molecule has 0 saturated heterocycles. The molecule has 0 aliphatic heterocycles. The summed E-state index contributed by atoms with van der Waals surface area (Å²) >= 11 is 0. The Morgan fingerprint density at radius 1 is 1.24 bits per heavy atom. The van der Waals surface area contributed by atoms with Crippen molar-refractivity contribution in [3.8, 4) is 0 Å². The summed E-state index contributed by atoms with van der Waals surface area (Å²) in [5.41, 5.74) is 9.72. The number of fused-ring (bicyclic) bond motifs is 2. The Kier molecular flexibility index (Phi) is 2.56. The van der Waals surface area contributed by atoms with E-state index < -0.39 is 0 Å². The Bertz CT molecular complexity index is 578. The molecule has 0 atom stereocenters. The predicted molar refractivity (Wildman–Crippen MR) is 66.2 cm³/mol. The van der Waals surface area contributed by atoms with Crippen LogP contribution in [0.3, 0.4) is 0 Å². The number of pyridine rings is 1. The molecule has 88 valence electrons. The van der Waals surface area contributed by atoms with Gasteiger partial charge in [0.1, 0.15) is 11.3 Å². The van der Waals surface area contributed by atoms with Crippen LogP contribution in [-0.2, 0) is 19.4 Å². The Morgan fingerprint density at radius 2 is 2.06 bits per heavy atom. The predicted octanol–water partition coefficient (Wildman–Crippen LogP) is 2.71. The molecule has 0 saturated carbocycles. The van der Waals surface area contributed by atoms with E-state index in [1.54, 1.807) is 6.07 Å². The van der Waals surface area contributed by atoms with Gasteiger partial charge in [-0.2, -0.15) is 0 Å². The lowest BCUT2D eigenvalue weighted by molar-refractivity contribution is 0.630. The molecule has 17 heavy (non-hydrogen) atoms. The van der Waals surface area contributed by atoms with Gasteiger partial charge in [0.2, 0.25) is 0 Å². The van der Waals surface area contributed by atoms with Crippen LogP contribution in [0.1, 0.15) is 29.7 Å². The first-order valence-electron chi connectivity index (χ1n) is 6.10. The number of aromatic nitrogens is 1. The SMILES string of the molecule is NCc1c2c(nc3c(F)cccc13)CCCC2. The number of nitrogens with two attached hydrogens (primary N) is 1. The molecule has 0 fully saturated rings. The second-order valence-electron chi connectivity index (χ2n) is 4.56. The summed E-state index contributed by atoms with van der Waals surface area (Å²) in [6, 6.07) is 5.11. The fraction of sp³-hybridized carbons (Fsp3) is 0.357. The first-order chi connectivity index (χ1) is 8.31. The van der Waals surface area contributed by atoms with E-state index in [-0.39, 0.29) is 5.82 Å². The highest BCUT2D eigenvalue weighted by Crippen LogP contribution is 2.29. The summed E-state index contributed by atoms with van der Waals surface area (Å²) in [6.07, 6.45) is 4.31. The normalized spacial score (nSPS) is 14.9. The van der Waals surface area contributed by atoms with E-state index in [9.17, 15) is 4.39 Å². The molecule has 1 aromatic carbocycles. The quantitative estimate of drug-likeness (QED) is 0.818. The molecule has 2 aromatic rings. The minimum absolute atomic E-state index is 0.245. The van der Waals surface area contributed by atoms with Crippen molar-refractivity contribution < 1.29 is 4.39 Å². The third kappa shape index (κ3) is 1.62. The molecule has 0 spiro atoms. The van der Waals surface area contributed by atoms with Crippen LogP contribution in [0.4, 0.5) is 4.39 Å². The van der Waals surface area contributed by atoms with Crippen LogP contribution in [0.5, 0.6) is 0 Å². The molecule has 3 rings (SSSR count). The fourth-order valence-electron chi connectivity index (χ4n) is 2.74. The van der Waals surface area contributed by atoms with Crippen LogP contribution in [-0.4, -0.2) is 4.98 Å². The smallest absolute Gasteiger partial charge is 0.149 e. The first-order valence-corrected chi connectivity index (χ1v) is 6.10. The van der Waals surface area contributed by atoms with Crippen LogP contribution in [0, 0.1) is 5.82 Å². The number of hydrogen-bond acceptors (Lipinski definition) is 2. The number of rotatable bonds is 1. The Morgan fingerprint density at radius 3 is 2.88 bits per heavy atom. The topological polar surface area (TPSA) is 38.9 Å². The van der Waals surface area contributed by atoms with Gasteiger partial charge in [-0.25, -0.2) is 9.37 Å². The summed E-state index contributed by atoms with van der Waals surface area (Å²) < 4.78 is 13.8. The summed E-state index contributed by atoms with van der Waals surface area (Å²) in [4.78, 5) is 4.49. The van der Waals surface area contributed by atoms with Gasteiger partial charge >= 0.3 is 0 Å². The van der Waals surface area contributed by atoms with Gasteiger partial charge in [0, 0.05) is 17.6 Å². The lowest BCUT2D eigenvalue weighted by Gasteiger charge is -2.20. The van der Waals surface area contributed by atoms with Crippen molar-refractivity contribution in [1.29, 1.82) is 0 Å². The van der Waals surface area contributed by atoms with Gasteiger partial charge in [0.15, 0.2) is 0 Å². The first kappa shape index (κ1) is 10.7. The molecule has 3 heteroatoms. The van der Waals surface area contributed by atoms with Gasteiger partial charge in [0.05, 0.1) is 0 Å². The van der Waals surface area contributed by atoms with Crippen molar-refractivity contribution in [2.24, 2.45) is 5.73 Å². The third-order valence-corrected chi connectivity index (χ3v) is 3.57. The zero-order valence-electron chi connectivity index (χ0n) is 9.67. The Balaban J connectivity index is 2.39. The maximum atomic E-state index is 13.8. The molecule has 0 amide bonds. The third-order valence-electron chi connectivity index (χ3n) is 3.57. The lowest BCUT2D eigenvalue weighted by Crippen LogP contribution is -2.12. The number of hydrogen-bond donors (Lipinski definition) is 1. The van der Waals surface area contributed by atoms with Crippen LogP contribution < -0.4 is 5.73 Å². The standard InChI is InChI=1S/C14H15FN2/c15-12-6-3-5-10-11(8-16)9-4-1-2-7-13(9)17-14(10)12/h3,5-6H,1-2,4,7-8,16H2. The van der Waals surface area contributed by atoms with Gasteiger partial charge < -0.3 is 5.73 Å². The highest BCUT2D eigenvalue weighted by atomic mass is 19.1. The molecule has 2 N–H and O–H groups in total. The number of nitrogens with zero attached hydrogens (tertiary/aromatic N) is 1.